The summed E-state index contributed by atoms with van der Waals surface area (Å²) in [5.74, 6) is 0.0795. The minimum absolute atomic E-state index is 0.0795. The number of hydrogen-bond donors (Lipinski definition) is 2. The number of aromatic nitrogens is 1. The fraction of sp³-hybridized carbons (Fsp3) is 0. The van der Waals surface area contributed by atoms with Crippen LogP contribution in [-0.4, -0.2) is 10.1 Å². The first-order valence-electron chi connectivity index (χ1n) is 3.69. The molecule has 0 radical (unpaired) electrons. The summed E-state index contributed by atoms with van der Waals surface area (Å²) in [6.07, 6.45) is 0. The summed E-state index contributed by atoms with van der Waals surface area (Å²) in [5, 5.41) is 10.2. The van der Waals surface area contributed by atoms with Gasteiger partial charge in [-0.2, -0.15) is 0 Å². The van der Waals surface area contributed by atoms with Gasteiger partial charge >= 0.3 is 0 Å². The Morgan fingerprint density at radius 1 is 1.23 bits per heavy atom. The van der Waals surface area contributed by atoms with E-state index in [9.17, 15) is 9.90 Å². The van der Waals surface area contributed by atoms with Crippen LogP contribution in [0.5, 0.6) is 5.75 Å². The van der Waals surface area contributed by atoms with Gasteiger partial charge < -0.3 is 10.1 Å². The average Bonchev–Trinajstić information content (AvgIpc) is 2.12. The van der Waals surface area contributed by atoms with Gasteiger partial charge in [0.1, 0.15) is 5.75 Å². The molecule has 3 nitrogen and oxygen atoms in total. The number of pyridine rings is 1. The molecule has 2 N–H and O–H groups in total. The number of aromatic hydroxyl groups is 1. The molecule has 0 aliphatic rings. The van der Waals surface area contributed by atoms with Crippen LogP contribution in [0.4, 0.5) is 0 Å². The first-order chi connectivity index (χ1) is 6.18. The molecule has 2 aromatic rings. The summed E-state index contributed by atoms with van der Waals surface area (Å²) in [5.41, 5.74) is 0.239. The lowest BCUT2D eigenvalue weighted by Gasteiger charge is -2.01. The number of phenols is 1. The third kappa shape index (κ3) is 1.33. The van der Waals surface area contributed by atoms with Crippen molar-refractivity contribution < 1.29 is 5.11 Å². The zero-order valence-corrected chi connectivity index (χ0v) is 8.13. The molecule has 2 rings (SSSR count). The van der Waals surface area contributed by atoms with Crippen molar-refractivity contribution in [2.24, 2.45) is 0 Å². The molecule has 4 heteroatoms. The number of hydrogen-bond acceptors (Lipinski definition) is 2. The highest BCUT2D eigenvalue weighted by molar-refractivity contribution is 9.10. The Bertz CT molecular complexity index is 518. The van der Waals surface area contributed by atoms with Gasteiger partial charge in [0.15, 0.2) is 0 Å². The highest BCUT2D eigenvalue weighted by atomic mass is 79.9. The van der Waals surface area contributed by atoms with Gasteiger partial charge in [-0.1, -0.05) is 15.9 Å². The van der Waals surface area contributed by atoms with Gasteiger partial charge in [0.25, 0.3) is 0 Å². The number of benzene rings is 1. The molecule has 0 saturated carbocycles. The molecular weight excluding hydrogens is 234 g/mol. The number of nitrogens with one attached hydrogen (secondary N) is 1. The average molecular weight is 240 g/mol. The van der Waals surface area contributed by atoms with Gasteiger partial charge in [-0.15, -0.1) is 0 Å². The maximum Gasteiger partial charge on any atom is 0.248 e. The van der Waals surface area contributed by atoms with E-state index in [4.69, 9.17) is 0 Å². The molecule has 0 unspecified atom stereocenters. The Morgan fingerprint density at radius 3 is 2.77 bits per heavy atom. The minimum atomic E-state index is -0.221. The molecule has 0 aliphatic heterocycles. The third-order valence-electron chi connectivity index (χ3n) is 1.82. The molecule has 1 aromatic carbocycles. The Morgan fingerprint density at radius 2 is 2.00 bits per heavy atom. The largest absolute Gasteiger partial charge is 0.506 e. The van der Waals surface area contributed by atoms with Crippen molar-refractivity contribution in [3.8, 4) is 5.75 Å². The van der Waals surface area contributed by atoms with Gasteiger partial charge in [0.2, 0.25) is 5.56 Å². The summed E-state index contributed by atoms with van der Waals surface area (Å²) in [6.45, 7) is 0. The van der Waals surface area contributed by atoms with E-state index in [0.717, 1.165) is 9.86 Å². The van der Waals surface area contributed by atoms with E-state index >= 15 is 0 Å². The second-order valence-corrected chi connectivity index (χ2v) is 3.53. The van der Waals surface area contributed by atoms with Crippen LogP contribution < -0.4 is 5.56 Å². The molecule has 1 heterocycles. The zero-order chi connectivity index (χ0) is 9.42. The van der Waals surface area contributed by atoms with Crippen molar-refractivity contribution in [2.45, 2.75) is 0 Å². The molecular formula is C9H6BrNO2. The lowest BCUT2D eigenvalue weighted by Crippen LogP contribution is -2.02. The van der Waals surface area contributed by atoms with Gasteiger partial charge in [-0.25, -0.2) is 0 Å². The maximum absolute atomic E-state index is 11.0. The lowest BCUT2D eigenvalue weighted by molar-refractivity contribution is 0.480. The Balaban J connectivity index is 3.00. The van der Waals surface area contributed by atoms with Crippen LogP contribution in [0.15, 0.2) is 33.5 Å². The normalized spacial score (nSPS) is 10.5. The first-order valence-corrected chi connectivity index (χ1v) is 4.48. The van der Waals surface area contributed by atoms with Crippen molar-refractivity contribution in [2.75, 3.05) is 0 Å². The number of halogens is 1. The van der Waals surface area contributed by atoms with Crippen LogP contribution in [0.3, 0.4) is 0 Å². The highest BCUT2D eigenvalue weighted by Gasteiger charge is 2.03. The van der Waals surface area contributed by atoms with Gasteiger partial charge in [0.05, 0.1) is 5.52 Å². The molecule has 0 atom stereocenters. The van der Waals surface area contributed by atoms with Crippen molar-refractivity contribution in [1.29, 1.82) is 0 Å². The minimum Gasteiger partial charge on any atom is -0.506 e. The van der Waals surface area contributed by atoms with E-state index in [1.54, 1.807) is 12.1 Å². The molecule has 13 heavy (non-hydrogen) atoms. The number of H-pyrrole nitrogens is 1. The molecule has 0 fully saturated rings. The zero-order valence-electron chi connectivity index (χ0n) is 6.54. The smallest absolute Gasteiger partial charge is 0.248 e. The summed E-state index contributed by atoms with van der Waals surface area (Å²) < 4.78 is 0.844. The van der Waals surface area contributed by atoms with Crippen LogP contribution in [0.2, 0.25) is 0 Å². The van der Waals surface area contributed by atoms with Gasteiger partial charge in [0, 0.05) is 15.9 Å². The number of phenolic OH excluding ortho intramolecular Hbond substituents is 1. The Labute approximate surface area is 82.2 Å². The van der Waals surface area contributed by atoms with Gasteiger partial charge in [-0.05, 0) is 18.2 Å². The second kappa shape index (κ2) is 2.88. The third-order valence-corrected chi connectivity index (χ3v) is 2.51. The van der Waals surface area contributed by atoms with Crippen LogP contribution in [0.25, 0.3) is 10.9 Å². The summed E-state index contributed by atoms with van der Waals surface area (Å²) in [4.78, 5) is 13.5. The summed E-state index contributed by atoms with van der Waals surface area (Å²) >= 11 is 3.32. The molecule has 0 bridgehead atoms. The Kier molecular flexibility index (Phi) is 1.84. The molecule has 0 saturated heterocycles. The quantitative estimate of drug-likeness (QED) is 0.739. The lowest BCUT2D eigenvalue weighted by atomic mass is 10.2. The topological polar surface area (TPSA) is 53.1 Å². The molecule has 0 spiro atoms. The summed E-state index contributed by atoms with van der Waals surface area (Å²) in [6, 6.07) is 6.35. The monoisotopic (exact) mass is 239 g/mol. The van der Waals surface area contributed by atoms with Crippen LogP contribution >= 0.6 is 15.9 Å². The molecule has 66 valence electrons. The van der Waals surface area contributed by atoms with E-state index in [2.05, 4.69) is 20.9 Å². The van der Waals surface area contributed by atoms with Crippen molar-refractivity contribution in [3.05, 3.63) is 39.1 Å². The molecule has 0 aliphatic carbocycles. The van der Waals surface area contributed by atoms with Crippen LogP contribution in [-0.2, 0) is 0 Å². The highest BCUT2D eigenvalue weighted by Crippen LogP contribution is 2.27. The van der Waals surface area contributed by atoms with E-state index in [-0.39, 0.29) is 11.3 Å². The standard InChI is InChI=1S/C9H6BrNO2/c10-6-2-3-7(12)9-5(6)1-4-8(13)11-9/h1-4,12H,(H,11,13). The fourth-order valence-electron chi connectivity index (χ4n) is 1.20. The number of fused-ring (bicyclic) bond motifs is 1. The van der Waals surface area contributed by atoms with Crippen molar-refractivity contribution in [1.82, 2.24) is 4.98 Å². The molecule has 1 aromatic heterocycles. The van der Waals surface area contributed by atoms with Crippen molar-refractivity contribution in [3.63, 3.8) is 0 Å². The number of aromatic amines is 1. The van der Waals surface area contributed by atoms with E-state index in [1.165, 1.54) is 12.1 Å². The first kappa shape index (κ1) is 8.31. The Hall–Kier alpha value is -1.29. The predicted molar refractivity (Wildman–Crippen MR) is 53.9 cm³/mol. The SMILES string of the molecule is O=c1ccc2c(Br)ccc(O)c2[nH]1. The predicted octanol–water partition coefficient (Wildman–Crippen LogP) is 2.00. The van der Waals surface area contributed by atoms with Gasteiger partial charge in [-0.3, -0.25) is 4.79 Å². The van der Waals surface area contributed by atoms with E-state index in [1.807, 2.05) is 0 Å². The summed E-state index contributed by atoms with van der Waals surface area (Å²) in [7, 11) is 0. The van der Waals surface area contributed by atoms with Crippen molar-refractivity contribution >= 4 is 26.8 Å². The molecule has 0 amide bonds. The maximum atomic E-state index is 11.0. The van der Waals surface area contributed by atoms with E-state index < -0.39 is 0 Å². The number of rotatable bonds is 0. The fourth-order valence-corrected chi connectivity index (χ4v) is 1.66. The second-order valence-electron chi connectivity index (χ2n) is 2.68. The van der Waals surface area contributed by atoms with E-state index in [0.29, 0.717) is 5.52 Å². The van der Waals surface area contributed by atoms with Crippen LogP contribution in [0.1, 0.15) is 0 Å². The van der Waals surface area contributed by atoms with Crippen LogP contribution in [0, 0.1) is 0 Å².